The Morgan fingerprint density at radius 1 is 1.15 bits per heavy atom. The van der Waals surface area contributed by atoms with Gasteiger partial charge in [0.2, 0.25) is 0 Å². The summed E-state index contributed by atoms with van der Waals surface area (Å²) in [5, 5.41) is 0. The molecule has 0 fully saturated rings. The lowest BCUT2D eigenvalue weighted by Crippen LogP contribution is -2.16. The van der Waals surface area contributed by atoms with Crippen molar-refractivity contribution >= 4 is 0 Å². The lowest BCUT2D eigenvalue weighted by molar-refractivity contribution is -0.124. The summed E-state index contributed by atoms with van der Waals surface area (Å²) in [6.07, 6.45) is 5.65. The average Bonchev–Trinajstić information content (AvgIpc) is 2.14. The van der Waals surface area contributed by atoms with E-state index in [-0.39, 0.29) is 6.29 Å². The van der Waals surface area contributed by atoms with Gasteiger partial charge in [-0.15, -0.1) is 0 Å². The van der Waals surface area contributed by atoms with E-state index in [1.807, 2.05) is 6.92 Å². The van der Waals surface area contributed by atoms with Crippen molar-refractivity contribution in [3.63, 3.8) is 0 Å². The quantitative estimate of drug-likeness (QED) is 0.406. The van der Waals surface area contributed by atoms with Gasteiger partial charge in [-0.25, -0.2) is 0 Å². The van der Waals surface area contributed by atoms with E-state index in [1.54, 1.807) is 6.61 Å². The van der Waals surface area contributed by atoms with Crippen LogP contribution >= 0.6 is 0 Å². The maximum atomic E-state index is 5.57. The molecular weight excluding hydrogens is 164 g/mol. The summed E-state index contributed by atoms with van der Waals surface area (Å²) < 4.78 is 10.9. The van der Waals surface area contributed by atoms with Crippen LogP contribution in [0.2, 0.25) is 0 Å². The molecule has 13 heavy (non-hydrogen) atoms. The molecule has 0 aromatic rings. The molecule has 0 aromatic heterocycles. The summed E-state index contributed by atoms with van der Waals surface area (Å²) in [5.41, 5.74) is 0. The number of ether oxygens (including phenoxy) is 2. The van der Waals surface area contributed by atoms with Crippen LogP contribution in [0.3, 0.4) is 0 Å². The number of hydrogen-bond donors (Lipinski definition) is 0. The molecular formula is C11H23O2. The Bertz CT molecular complexity index is 94.1. The van der Waals surface area contributed by atoms with Gasteiger partial charge in [-0.05, 0) is 26.2 Å². The molecule has 0 N–H and O–H groups in total. The summed E-state index contributed by atoms with van der Waals surface area (Å²) in [5.74, 6) is 0. The van der Waals surface area contributed by atoms with Crippen LogP contribution in [0, 0.1) is 6.61 Å². The van der Waals surface area contributed by atoms with E-state index in [9.17, 15) is 0 Å². The second-order valence-corrected chi connectivity index (χ2v) is 3.17. The molecule has 0 aliphatic rings. The van der Waals surface area contributed by atoms with Crippen LogP contribution in [-0.2, 0) is 9.47 Å². The third-order valence-corrected chi connectivity index (χ3v) is 1.88. The molecule has 0 saturated carbocycles. The molecule has 0 amide bonds. The minimum absolute atomic E-state index is 0.0171. The van der Waals surface area contributed by atoms with Gasteiger partial charge in [0.25, 0.3) is 0 Å². The first-order valence-electron chi connectivity index (χ1n) is 5.40. The van der Waals surface area contributed by atoms with Gasteiger partial charge in [-0.3, -0.25) is 0 Å². The zero-order valence-electron chi connectivity index (χ0n) is 9.21. The standard InChI is InChI=1S/C11H23O2/c1-4-7-9-11(12-6-3)13-10-8-5-2/h6,11H,4-5,7-10H2,1-3H3. The first-order chi connectivity index (χ1) is 6.35. The summed E-state index contributed by atoms with van der Waals surface area (Å²) in [4.78, 5) is 0. The molecule has 2 heteroatoms. The highest BCUT2D eigenvalue weighted by atomic mass is 16.7. The minimum atomic E-state index is -0.0171. The van der Waals surface area contributed by atoms with Gasteiger partial charge in [-0.2, -0.15) is 0 Å². The van der Waals surface area contributed by atoms with E-state index in [1.165, 1.54) is 19.3 Å². The second kappa shape index (κ2) is 10.0. The topological polar surface area (TPSA) is 18.5 Å². The van der Waals surface area contributed by atoms with Gasteiger partial charge < -0.3 is 9.47 Å². The summed E-state index contributed by atoms with van der Waals surface area (Å²) in [6, 6.07) is 0. The van der Waals surface area contributed by atoms with E-state index in [2.05, 4.69) is 13.8 Å². The first-order valence-corrected chi connectivity index (χ1v) is 5.40. The zero-order valence-corrected chi connectivity index (χ0v) is 9.21. The van der Waals surface area contributed by atoms with Crippen LogP contribution < -0.4 is 0 Å². The van der Waals surface area contributed by atoms with Crippen molar-refractivity contribution in [3.8, 4) is 0 Å². The smallest absolute Gasteiger partial charge is 0.158 e. The zero-order chi connectivity index (χ0) is 9.94. The molecule has 0 aromatic carbocycles. The molecule has 1 unspecified atom stereocenters. The highest BCUT2D eigenvalue weighted by Gasteiger charge is 2.06. The predicted molar refractivity (Wildman–Crippen MR) is 55.2 cm³/mol. The van der Waals surface area contributed by atoms with Crippen LogP contribution in [0.1, 0.15) is 52.9 Å². The SMILES string of the molecule is C[CH]OC(CCCC)OCCCC. The fraction of sp³-hybridized carbons (Fsp3) is 0.909. The van der Waals surface area contributed by atoms with Crippen LogP contribution in [0.15, 0.2) is 0 Å². The number of unbranched alkanes of at least 4 members (excludes halogenated alkanes) is 2. The Hall–Kier alpha value is -0.0800. The highest BCUT2D eigenvalue weighted by molar-refractivity contribution is 4.49. The van der Waals surface area contributed by atoms with Crippen molar-refractivity contribution in [1.82, 2.24) is 0 Å². The molecule has 2 nitrogen and oxygen atoms in total. The third kappa shape index (κ3) is 8.26. The average molecular weight is 187 g/mol. The lowest BCUT2D eigenvalue weighted by atomic mass is 10.2. The Balaban J connectivity index is 3.41. The van der Waals surface area contributed by atoms with Crippen LogP contribution in [0.4, 0.5) is 0 Å². The number of rotatable bonds is 9. The van der Waals surface area contributed by atoms with E-state index in [0.717, 1.165) is 19.4 Å². The van der Waals surface area contributed by atoms with E-state index < -0.39 is 0 Å². The number of hydrogen-bond acceptors (Lipinski definition) is 2. The second-order valence-electron chi connectivity index (χ2n) is 3.17. The normalized spacial score (nSPS) is 13.2. The molecule has 1 radical (unpaired) electrons. The van der Waals surface area contributed by atoms with Crippen molar-refractivity contribution < 1.29 is 9.47 Å². The molecule has 0 bridgehead atoms. The van der Waals surface area contributed by atoms with Crippen molar-refractivity contribution in [3.05, 3.63) is 6.61 Å². The fourth-order valence-electron chi connectivity index (χ4n) is 1.07. The maximum absolute atomic E-state index is 5.57. The van der Waals surface area contributed by atoms with Gasteiger partial charge in [0.1, 0.15) is 0 Å². The van der Waals surface area contributed by atoms with Gasteiger partial charge in [0, 0.05) is 6.61 Å². The van der Waals surface area contributed by atoms with Crippen LogP contribution in [0.25, 0.3) is 0 Å². The Labute approximate surface area is 82.6 Å². The Morgan fingerprint density at radius 2 is 1.85 bits per heavy atom. The van der Waals surface area contributed by atoms with Gasteiger partial charge in [0.15, 0.2) is 6.29 Å². The molecule has 0 aliphatic heterocycles. The van der Waals surface area contributed by atoms with Gasteiger partial charge in [-0.1, -0.05) is 26.7 Å². The van der Waals surface area contributed by atoms with Crippen molar-refractivity contribution in [2.75, 3.05) is 6.61 Å². The predicted octanol–water partition coefficient (Wildman–Crippen LogP) is 3.52. The summed E-state index contributed by atoms with van der Waals surface area (Å²) in [7, 11) is 0. The van der Waals surface area contributed by atoms with E-state index in [0.29, 0.717) is 0 Å². The monoisotopic (exact) mass is 187 g/mol. The van der Waals surface area contributed by atoms with Crippen LogP contribution in [0.5, 0.6) is 0 Å². The molecule has 1 atom stereocenters. The maximum Gasteiger partial charge on any atom is 0.158 e. The Morgan fingerprint density at radius 3 is 2.38 bits per heavy atom. The van der Waals surface area contributed by atoms with Crippen molar-refractivity contribution in [1.29, 1.82) is 0 Å². The van der Waals surface area contributed by atoms with E-state index >= 15 is 0 Å². The first kappa shape index (κ1) is 12.9. The lowest BCUT2D eigenvalue weighted by Gasteiger charge is -2.16. The largest absolute Gasteiger partial charge is 0.353 e. The highest BCUT2D eigenvalue weighted by Crippen LogP contribution is 2.08. The van der Waals surface area contributed by atoms with Crippen LogP contribution in [-0.4, -0.2) is 12.9 Å². The van der Waals surface area contributed by atoms with Crippen molar-refractivity contribution in [2.45, 2.75) is 59.2 Å². The van der Waals surface area contributed by atoms with E-state index in [4.69, 9.17) is 9.47 Å². The Kier molecular flexibility index (Phi) is 9.94. The minimum Gasteiger partial charge on any atom is -0.353 e. The molecule has 79 valence electrons. The molecule has 0 saturated heterocycles. The van der Waals surface area contributed by atoms with Crippen molar-refractivity contribution in [2.24, 2.45) is 0 Å². The summed E-state index contributed by atoms with van der Waals surface area (Å²) in [6.45, 7) is 8.77. The molecule has 0 heterocycles. The molecule has 0 aliphatic carbocycles. The van der Waals surface area contributed by atoms with Gasteiger partial charge >= 0.3 is 0 Å². The fourth-order valence-corrected chi connectivity index (χ4v) is 1.07. The molecule has 0 rings (SSSR count). The third-order valence-electron chi connectivity index (χ3n) is 1.88. The molecule has 0 spiro atoms. The van der Waals surface area contributed by atoms with Gasteiger partial charge in [0.05, 0.1) is 6.61 Å². The summed E-state index contributed by atoms with van der Waals surface area (Å²) >= 11 is 0.